The van der Waals surface area contributed by atoms with E-state index in [4.69, 9.17) is 9.47 Å². The monoisotopic (exact) mass is 465 g/mol. The van der Waals surface area contributed by atoms with E-state index in [2.05, 4.69) is 43.4 Å². The summed E-state index contributed by atoms with van der Waals surface area (Å²) in [4.78, 5) is 23.6. The molecular weight excluding hydrogens is 430 g/mol. The van der Waals surface area contributed by atoms with E-state index in [-0.39, 0.29) is 24.0 Å². The number of carboxylic acids is 1. The molecule has 6 nitrogen and oxygen atoms in total. The smallest absolute Gasteiger partial charge is 0.308 e. The van der Waals surface area contributed by atoms with Gasteiger partial charge in [0.15, 0.2) is 0 Å². The van der Waals surface area contributed by atoms with Crippen LogP contribution in [-0.2, 0) is 16.0 Å². The van der Waals surface area contributed by atoms with Crippen LogP contribution < -0.4 is 14.8 Å². The number of carbonyl (C=O) groups excluding carboxylic acids is 1. The predicted molar refractivity (Wildman–Crippen MR) is 132 cm³/mol. The van der Waals surface area contributed by atoms with Crippen molar-refractivity contribution in [3.05, 3.63) is 53.6 Å². The number of hydrogen-bond donors (Lipinski definition) is 2. The van der Waals surface area contributed by atoms with E-state index in [0.717, 1.165) is 36.9 Å². The van der Waals surface area contributed by atoms with Gasteiger partial charge in [-0.2, -0.15) is 0 Å². The highest BCUT2D eigenvalue weighted by atomic mass is 16.5. The maximum Gasteiger partial charge on any atom is 0.308 e. The zero-order chi connectivity index (χ0) is 24.2. The van der Waals surface area contributed by atoms with Crippen LogP contribution in [0, 0.1) is 11.8 Å². The molecule has 0 radical (unpaired) electrons. The summed E-state index contributed by atoms with van der Waals surface area (Å²) in [5.41, 5.74) is 3.11. The fourth-order valence-electron chi connectivity index (χ4n) is 5.64. The molecule has 4 rings (SSSR count). The number of aryl methyl sites for hydroxylation is 1. The zero-order valence-corrected chi connectivity index (χ0v) is 20.3. The van der Waals surface area contributed by atoms with Gasteiger partial charge < -0.3 is 19.9 Å². The summed E-state index contributed by atoms with van der Waals surface area (Å²) < 4.78 is 11.9. The van der Waals surface area contributed by atoms with E-state index in [1.807, 2.05) is 12.1 Å². The lowest BCUT2D eigenvalue weighted by atomic mass is 9.66. The van der Waals surface area contributed by atoms with Gasteiger partial charge in [-0.05, 0) is 69.8 Å². The first kappa shape index (κ1) is 24.1. The number of ether oxygens (including phenoxy) is 2. The highest BCUT2D eigenvalue weighted by Crippen LogP contribution is 2.52. The normalized spacial score (nSPS) is 24.2. The molecule has 6 heteroatoms. The van der Waals surface area contributed by atoms with Crippen molar-refractivity contribution in [2.24, 2.45) is 11.8 Å². The van der Waals surface area contributed by atoms with Crippen molar-refractivity contribution in [2.75, 3.05) is 5.32 Å². The number of rotatable bonds is 8. The average Bonchev–Trinajstić information content (AvgIpc) is 2.78. The third-order valence-corrected chi connectivity index (χ3v) is 7.27. The minimum Gasteiger partial charge on any atom is -0.491 e. The number of esters is 1. The van der Waals surface area contributed by atoms with Crippen LogP contribution in [0.25, 0.3) is 0 Å². The molecule has 2 aliphatic rings. The van der Waals surface area contributed by atoms with E-state index in [9.17, 15) is 14.7 Å². The van der Waals surface area contributed by atoms with Crippen LogP contribution in [0.5, 0.6) is 11.5 Å². The summed E-state index contributed by atoms with van der Waals surface area (Å²) >= 11 is 0. The molecule has 0 aromatic heterocycles. The van der Waals surface area contributed by atoms with E-state index < -0.39 is 11.9 Å². The third-order valence-electron chi connectivity index (χ3n) is 7.27. The minimum absolute atomic E-state index is 0.00627. The molecule has 1 aliphatic heterocycles. The SMILES string of the molecule is CC(=O)Oc1cc(O[C@H](C)CCCc2ccccc2)cc2c1[C@@H]1C[C@H](C(=O)O)CC[C@H]1[C@H](C)N2. The Morgan fingerprint density at radius 1 is 1.18 bits per heavy atom. The Morgan fingerprint density at radius 3 is 2.65 bits per heavy atom. The first-order valence-corrected chi connectivity index (χ1v) is 12.4. The van der Waals surface area contributed by atoms with Crippen molar-refractivity contribution in [3.63, 3.8) is 0 Å². The number of carboxylic acid groups (broad SMARTS) is 1. The first-order chi connectivity index (χ1) is 16.3. The van der Waals surface area contributed by atoms with Gasteiger partial charge in [0.25, 0.3) is 0 Å². The largest absolute Gasteiger partial charge is 0.491 e. The summed E-state index contributed by atoms with van der Waals surface area (Å²) in [6.07, 6.45) is 5.01. The molecule has 34 heavy (non-hydrogen) atoms. The van der Waals surface area contributed by atoms with E-state index in [1.165, 1.54) is 12.5 Å². The molecule has 182 valence electrons. The number of nitrogens with one attached hydrogen (secondary N) is 1. The van der Waals surface area contributed by atoms with Gasteiger partial charge in [-0.25, -0.2) is 0 Å². The number of hydrogen-bond acceptors (Lipinski definition) is 5. The fraction of sp³-hybridized carbons (Fsp3) is 0.500. The third kappa shape index (κ3) is 5.54. The number of benzene rings is 2. The van der Waals surface area contributed by atoms with Crippen LogP contribution in [0.15, 0.2) is 42.5 Å². The molecule has 1 aliphatic carbocycles. The van der Waals surface area contributed by atoms with E-state index in [0.29, 0.717) is 30.3 Å². The van der Waals surface area contributed by atoms with Crippen molar-refractivity contribution in [1.29, 1.82) is 0 Å². The Kier molecular flexibility index (Phi) is 7.44. The lowest BCUT2D eigenvalue weighted by Crippen LogP contribution is -2.41. The second-order valence-corrected chi connectivity index (χ2v) is 9.83. The topological polar surface area (TPSA) is 84.9 Å². The van der Waals surface area contributed by atoms with Crippen LogP contribution in [-0.4, -0.2) is 29.2 Å². The van der Waals surface area contributed by atoms with Crippen LogP contribution in [0.4, 0.5) is 5.69 Å². The Morgan fingerprint density at radius 2 is 1.94 bits per heavy atom. The van der Waals surface area contributed by atoms with Crippen molar-refractivity contribution >= 4 is 17.6 Å². The molecule has 1 saturated carbocycles. The fourth-order valence-corrected chi connectivity index (χ4v) is 5.64. The zero-order valence-electron chi connectivity index (χ0n) is 20.3. The van der Waals surface area contributed by atoms with Crippen LogP contribution in [0.2, 0.25) is 0 Å². The molecule has 2 aromatic rings. The molecule has 0 amide bonds. The standard InChI is InChI=1S/C28H35NO5/c1-17(8-7-11-20-9-5-4-6-10-20)33-22-15-25-27(26(16-22)34-19(3)30)24-14-21(28(31)32)12-13-23(24)18(2)29-25/h4-6,9-10,15-18,21,23-24,29H,7-8,11-14H2,1-3H3,(H,31,32)/t17-,18+,21-,23+,24-/m1/s1. The van der Waals surface area contributed by atoms with E-state index in [1.54, 1.807) is 6.07 Å². The summed E-state index contributed by atoms with van der Waals surface area (Å²) in [6, 6.07) is 14.4. The molecule has 1 fully saturated rings. The van der Waals surface area contributed by atoms with Gasteiger partial charge in [0.1, 0.15) is 11.5 Å². The molecule has 0 unspecified atom stereocenters. The molecule has 1 heterocycles. The van der Waals surface area contributed by atoms with Crippen LogP contribution in [0.3, 0.4) is 0 Å². The Balaban J connectivity index is 1.53. The lowest BCUT2D eigenvalue weighted by Gasteiger charge is -2.44. The maximum atomic E-state index is 11.9. The average molecular weight is 466 g/mol. The summed E-state index contributed by atoms with van der Waals surface area (Å²) in [6.45, 7) is 5.59. The lowest BCUT2D eigenvalue weighted by molar-refractivity contribution is -0.143. The van der Waals surface area contributed by atoms with Gasteiger partial charge in [-0.3, -0.25) is 9.59 Å². The molecule has 0 saturated heterocycles. The number of carbonyl (C=O) groups is 2. The summed E-state index contributed by atoms with van der Waals surface area (Å²) in [5, 5.41) is 13.2. The van der Waals surface area contributed by atoms with Crippen LogP contribution >= 0.6 is 0 Å². The highest BCUT2D eigenvalue weighted by molar-refractivity contribution is 5.74. The van der Waals surface area contributed by atoms with Crippen molar-refractivity contribution in [2.45, 2.75) is 77.4 Å². The van der Waals surface area contributed by atoms with Crippen molar-refractivity contribution in [3.8, 4) is 11.5 Å². The Bertz CT molecular complexity index is 1020. The molecule has 2 N–H and O–H groups in total. The Hall–Kier alpha value is -3.02. The molecule has 0 bridgehead atoms. The molecule has 0 spiro atoms. The van der Waals surface area contributed by atoms with Gasteiger partial charge >= 0.3 is 11.9 Å². The molecular formula is C28H35NO5. The van der Waals surface area contributed by atoms with Crippen molar-refractivity contribution in [1.82, 2.24) is 0 Å². The Labute approximate surface area is 201 Å². The maximum absolute atomic E-state index is 11.9. The van der Waals surface area contributed by atoms with Gasteiger partial charge in [0.2, 0.25) is 0 Å². The summed E-state index contributed by atoms with van der Waals surface area (Å²) in [7, 11) is 0. The highest BCUT2D eigenvalue weighted by Gasteiger charge is 2.42. The van der Waals surface area contributed by atoms with Gasteiger partial charge in [0, 0.05) is 36.3 Å². The minimum atomic E-state index is -0.746. The van der Waals surface area contributed by atoms with Crippen LogP contribution in [0.1, 0.15) is 69.9 Å². The molecule has 2 aromatic carbocycles. The second kappa shape index (κ2) is 10.5. The number of aliphatic carboxylic acids is 1. The van der Waals surface area contributed by atoms with E-state index >= 15 is 0 Å². The number of fused-ring (bicyclic) bond motifs is 3. The molecule has 5 atom stereocenters. The quantitative estimate of drug-likeness (QED) is 0.379. The second-order valence-electron chi connectivity index (χ2n) is 9.83. The number of anilines is 1. The first-order valence-electron chi connectivity index (χ1n) is 12.4. The van der Waals surface area contributed by atoms with Gasteiger partial charge in [-0.15, -0.1) is 0 Å². The van der Waals surface area contributed by atoms with Gasteiger partial charge in [0.05, 0.1) is 12.0 Å². The van der Waals surface area contributed by atoms with Gasteiger partial charge in [-0.1, -0.05) is 30.3 Å². The van der Waals surface area contributed by atoms with Crippen molar-refractivity contribution < 1.29 is 24.2 Å². The summed E-state index contributed by atoms with van der Waals surface area (Å²) in [5.74, 6) is -0.0255. The predicted octanol–water partition coefficient (Wildman–Crippen LogP) is 5.80.